The van der Waals surface area contributed by atoms with E-state index in [-0.39, 0.29) is 30.2 Å². The second-order valence-corrected chi connectivity index (χ2v) is 9.59. The maximum absolute atomic E-state index is 13.2. The van der Waals surface area contributed by atoms with Gasteiger partial charge in [0.05, 0.1) is 18.2 Å². The number of aromatic amines is 1. The maximum Gasteiger partial charge on any atom is 0.327 e. The molecule has 1 atom stereocenters. The highest BCUT2D eigenvalue weighted by atomic mass is 16.6. The van der Waals surface area contributed by atoms with Gasteiger partial charge in [-0.3, -0.25) is 14.5 Å². The highest BCUT2D eigenvalue weighted by molar-refractivity contribution is 5.83. The van der Waals surface area contributed by atoms with Crippen molar-refractivity contribution >= 4 is 16.9 Å². The number of nitrogens with zero attached hydrogens (tertiary/aromatic N) is 5. The number of carbonyl (C=O) groups is 1. The quantitative estimate of drug-likeness (QED) is 0.432. The van der Waals surface area contributed by atoms with Crippen LogP contribution in [-0.2, 0) is 22.6 Å². The summed E-state index contributed by atoms with van der Waals surface area (Å²) in [6.45, 7) is 5.54. The Morgan fingerprint density at radius 2 is 1.92 bits per heavy atom. The summed E-state index contributed by atoms with van der Waals surface area (Å²) in [4.78, 5) is 30.8. The highest BCUT2D eigenvalue weighted by Crippen LogP contribution is 2.35. The summed E-state index contributed by atoms with van der Waals surface area (Å²) in [6, 6.07) is 5.80. The van der Waals surface area contributed by atoms with E-state index in [0.29, 0.717) is 54.8 Å². The lowest BCUT2D eigenvalue weighted by Crippen LogP contribution is -2.41. The Kier molecular flexibility index (Phi) is 7.68. The average molecular weight is 511 g/mol. The molecular formula is C26H34N6O5. The van der Waals surface area contributed by atoms with Gasteiger partial charge in [-0.05, 0) is 48.7 Å². The Balaban J connectivity index is 1.49. The van der Waals surface area contributed by atoms with Crippen LogP contribution in [0.4, 0.5) is 0 Å². The van der Waals surface area contributed by atoms with Gasteiger partial charge in [0, 0.05) is 29.6 Å². The number of ether oxygens (including phenoxy) is 3. The van der Waals surface area contributed by atoms with Crippen molar-refractivity contribution in [3.63, 3.8) is 0 Å². The number of hydrogen-bond donors (Lipinski definition) is 1. The third-order valence-electron chi connectivity index (χ3n) is 7.21. The lowest BCUT2D eigenvalue weighted by atomic mass is 9.92. The monoisotopic (exact) mass is 510 g/mol. The van der Waals surface area contributed by atoms with Gasteiger partial charge in [-0.25, -0.2) is 4.68 Å². The molecule has 0 amide bonds. The maximum atomic E-state index is 13.2. The third-order valence-corrected chi connectivity index (χ3v) is 7.21. The zero-order valence-electron chi connectivity index (χ0n) is 21.4. The van der Waals surface area contributed by atoms with E-state index in [2.05, 4.69) is 32.3 Å². The second-order valence-electron chi connectivity index (χ2n) is 9.59. The molecule has 3 aromatic rings. The van der Waals surface area contributed by atoms with Crippen LogP contribution in [-0.4, -0.2) is 61.9 Å². The number of esters is 1. The van der Waals surface area contributed by atoms with E-state index >= 15 is 0 Å². The van der Waals surface area contributed by atoms with Crippen molar-refractivity contribution in [1.29, 1.82) is 0 Å². The summed E-state index contributed by atoms with van der Waals surface area (Å²) < 4.78 is 18.1. The molecule has 11 heteroatoms. The summed E-state index contributed by atoms with van der Waals surface area (Å²) in [6.07, 6.45) is 6.31. The molecule has 3 heterocycles. The number of rotatable bonds is 9. The molecule has 198 valence electrons. The van der Waals surface area contributed by atoms with E-state index in [1.165, 1.54) is 11.1 Å². The Hall–Kier alpha value is -3.47. The molecule has 0 saturated heterocycles. The first kappa shape index (κ1) is 25.2. The Bertz CT molecular complexity index is 1300. The van der Waals surface area contributed by atoms with Crippen LogP contribution < -0.4 is 15.0 Å². The van der Waals surface area contributed by atoms with Crippen LogP contribution in [0.3, 0.4) is 0 Å². The first-order valence-corrected chi connectivity index (χ1v) is 13.2. The summed E-state index contributed by atoms with van der Waals surface area (Å²) in [5, 5.41) is 13.2. The van der Waals surface area contributed by atoms with Crippen LogP contribution in [0.2, 0.25) is 0 Å². The van der Waals surface area contributed by atoms with E-state index in [0.717, 1.165) is 37.5 Å². The zero-order valence-corrected chi connectivity index (χ0v) is 21.4. The van der Waals surface area contributed by atoms with E-state index in [1.54, 1.807) is 6.92 Å². The fourth-order valence-corrected chi connectivity index (χ4v) is 5.47. The van der Waals surface area contributed by atoms with Crippen molar-refractivity contribution in [2.45, 2.75) is 77.5 Å². The normalized spacial score (nSPS) is 16.7. The van der Waals surface area contributed by atoms with Gasteiger partial charge in [-0.1, -0.05) is 26.2 Å². The van der Waals surface area contributed by atoms with Gasteiger partial charge in [0.1, 0.15) is 19.8 Å². The summed E-state index contributed by atoms with van der Waals surface area (Å²) in [5.74, 6) is 1.56. The van der Waals surface area contributed by atoms with Gasteiger partial charge in [0.15, 0.2) is 17.3 Å². The molecule has 1 aromatic carbocycles. The average Bonchev–Trinajstić information content (AvgIpc) is 3.36. The van der Waals surface area contributed by atoms with Gasteiger partial charge < -0.3 is 19.2 Å². The number of aromatic nitrogens is 5. The predicted molar refractivity (Wildman–Crippen MR) is 135 cm³/mol. The van der Waals surface area contributed by atoms with Crippen molar-refractivity contribution in [2.24, 2.45) is 0 Å². The smallest absolute Gasteiger partial charge is 0.327 e. The molecule has 1 fully saturated rings. The number of benzene rings is 1. The number of pyridine rings is 1. The van der Waals surface area contributed by atoms with Gasteiger partial charge in [-0.2, -0.15) is 0 Å². The molecule has 1 N–H and O–H groups in total. The largest absolute Gasteiger partial charge is 0.486 e. The van der Waals surface area contributed by atoms with Gasteiger partial charge in [0.2, 0.25) is 0 Å². The van der Waals surface area contributed by atoms with Crippen LogP contribution in [0, 0.1) is 0 Å². The number of H-pyrrole nitrogens is 1. The zero-order chi connectivity index (χ0) is 25.8. The molecular weight excluding hydrogens is 476 g/mol. The lowest BCUT2D eigenvalue weighted by molar-refractivity contribution is -0.144. The van der Waals surface area contributed by atoms with Gasteiger partial charge >= 0.3 is 5.97 Å². The molecule has 37 heavy (non-hydrogen) atoms. The number of hydrogen-bond acceptors (Lipinski definition) is 9. The van der Waals surface area contributed by atoms with Crippen LogP contribution >= 0.6 is 0 Å². The van der Waals surface area contributed by atoms with Crippen molar-refractivity contribution in [3.05, 3.63) is 39.9 Å². The molecule has 1 saturated carbocycles. The fraction of sp³-hybridized carbons (Fsp3) is 0.577. The molecule has 2 aromatic heterocycles. The number of fused-ring (bicyclic) bond motifs is 2. The highest BCUT2D eigenvalue weighted by Gasteiger charge is 2.32. The van der Waals surface area contributed by atoms with E-state index in [4.69, 9.17) is 14.2 Å². The molecule has 0 spiro atoms. The minimum atomic E-state index is -0.379. The van der Waals surface area contributed by atoms with E-state index in [9.17, 15) is 9.59 Å². The Labute approximate surface area is 215 Å². The first-order valence-electron chi connectivity index (χ1n) is 13.2. The minimum Gasteiger partial charge on any atom is -0.486 e. The topological polar surface area (TPSA) is 124 Å². The van der Waals surface area contributed by atoms with Crippen molar-refractivity contribution in [1.82, 2.24) is 30.1 Å². The van der Waals surface area contributed by atoms with Crippen LogP contribution in [0.25, 0.3) is 10.9 Å². The lowest BCUT2D eigenvalue weighted by Gasteiger charge is -2.39. The molecule has 11 nitrogen and oxygen atoms in total. The summed E-state index contributed by atoms with van der Waals surface area (Å²) >= 11 is 0. The van der Waals surface area contributed by atoms with Gasteiger partial charge in [-0.15, -0.1) is 5.10 Å². The van der Waals surface area contributed by atoms with Crippen LogP contribution in [0.1, 0.15) is 69.8 Å². The van der Waals surface area contributed by atoms with Gasteiger partial charge in [0.25, 0.3) is 5.56 Å². The summed E-state index contributed by atoms with van der Waals surface area (Å²) in [5.41, 5.74) is 1.25. The molecule has 0 unspecified atom stereocenters. The van der Waals surface area contributed by atoms with Crippen molar-refractivity contribution < 1.29 is 19.0 Å². The Morgan fingerprint density at radius 1 is 1.16 bits per heavy atom. The number of carbonyl (C=O) groups excluding carboxylic acids is 1. The molecule has 0 bridgehead atoms. The molecule has 5 rings (SSSR count). The number of nitrogens with one attached hydrogen (secondary N) is 1. The third kappa shape index (κ3) is 5.46. The van der Waals surface area contributed by atoms with E-state index < -0.39 is 0 Å². The predicted octanol–water partition coefficient (Wildman–Crippen LogP) is 3.13. The SMILES string of the molecule is CCOC(=O)Cn1nnnc1[C@H](CC)N(Cc1cc2cc3c(cc2[nH]c1=O)OCCO3)C1CCCCC1. The standard InChI is InChI=1S/C26H34N6O5/c1-3-21(25-28-29-30-32(25)16-24(33)35-4-2)31(19-8-6-5-7-9-19)15-18-12-17-13-22-23(37-11-10-36-22)14-20(17)27-26(18)34/h12-14,19,21H,3-11,15-16H2,1-2H3,(H,27,34)/t21-/m0/s1. The van der Waals surface area contributed by atoms with Crippen LogP contribution in [0.15, 0.2) is 23.0 Å². The summed E-state index contributed by atoms with van der Waals surface area (Å²) in [7, 11) is 0. The van der Waals surface area contributed by atoms with Crippen molar-refractivity contribution in [2.75, 3.05) is 19.8 Å². The van der Waals surface area contributed by atoms with Crippen molar-refractivity contribution in [3.8, 4) is 11.5 Å². The first-order chi connectivity index (χ1) is 18.1. The Morgan fingerprint density at radius 3 is 2.65 bits per heavy atom. The molecule has 0 radical (unpaired) electrons. The number of tetrazole rings is 1. The minimum absolute atomic E-state index is 0.0467. The molecule has 1 aliphatic heterocycles. The molecule has 1 aliphatic carbocycles. The second kappa shape index (κ2) is 11.3. The molecule has 2 aliphatic rings. The van der Waals surface area contributed by atoms with E-state index in [1.807, 2.05) is 18.2 Å². The fourth-order valence-electron chi connectivity index (χ4n) is 5.47. The van der Waals surface area contributed by atoms with Crippen LogP contribution in [0.5, 0.6) is 11.5 Å².